The summed E-state index contributed by atoms with van der Waals surface area (Å²) in [6.07, 6.45) is 1.57. The zero-order valence-corrected chi connectivity index (χ0v) is 15.5. The SMILES string of the molecule is CCOc1cc(/C=C2/SC(=O)N(Cc3ccccc3)C2=O)cc(Cl)c1O. The van der Waals surface area contributed by atoms with Crippen LogP contribution in [0.5, 0.6) is 11.5 Å². The smallest absolute Gasteiger partial charge is 0.293 e. The Labute approximate surface area is 160 Å². The quantitative estimate of drug-likeness (QED) is 0.752. The van der Waals surface area contributed by atoms with E-state index in [-0.39, 0.29) is 34.2 Å². The molecule has 1 heterocycles. The van der Waals surface area contributed by atoms with Crippen LogP contribution in [0.2, 0.25) is 5.02 Å². The maximum atomic E-state index is 12.6. The van der Waals surface area contributed by atoms with Gasteiger partial charge in [0, 0.05) is 0 Å². The van der Waals surface area contributed by atoms with Crippen LogP contribution in [0.25, 0.3) is 6.08 Å². The third-order valence-corrected chi connectivity index (χ3v) is 4.90. The summed E-state index contributed by atoms with van der Waals surface area (Å²) in [7, 11) is 0. The Hall–Kier alpha value is -2.44. The van der Waals surface area contributed by atoms with E-state index in [1.165, 1.54) is 11.0 Å². The zero-order chi connectivity index (χ0) is 18.7. The lowest BCUT2D eigenvalue weighted by atomic mass is 10.1. The van der Waals surface area contributed by atoms with Crippen LogP contribution in [0.1, 0.15) is 18.1 Å². The molecule has 1 saturated heterocycles. The molecule has 5 nitrogen and oxygen atoms in total. The van der Waals surface area contributed by atoms with E-state index in [4.69, 9.17) is 16.3 Å². The van der Waals surface area contributed by atoms with Crippen LogP contribution in [-0.2, 0) is 11.3 Å². The molecule has 0 bridgehead atoms. The van der Waals surface area contributed by atoms with Gasteiger partial charge in [-0.2, -0.15) is 0 Å². The average molecular weight is 390 g/mol. The molecule has 1 fully saturated rings. The number of phenols is 1. The molecule has 0 atom stereocenters. The highest BCUT2D eigenvalue weighted by Crippen LogP contribution is 2.38. The molecular weight excluding hydrogens is 374 g/mol. The number of carbonyl (C=O) groups excluding carboxylic acids is 2. The Bertz CT molecular complexity index is 883. The molecule has 7 heteroatoms. The van der Waals surface area contributed by atoms with Gasteiger partial charge in [0.2, 0.25) is 0 Å². The van der Waals surface area contributed by atoms with Crippen LogP contribution < -0.4 is 4.74 Å². The molecule has 0 spiro atoms. The van der Waals surface area contributed by atoms with Gasteiger partial charge in [0.1, 0.15) is 0 Å². The first-order valence-corrected chi connectivity index (χ1v) is 9.13. The van der Waals surface area contributed by atoms with E-state index >= 15 is 0 Å². The van der Waals surface area contributed by atoms with Crippen molar-refractivity contribution in [3.63, 3.8) is 0 Å². The predicted molar refractivity (Wildman–Crippen MR) is 102 cm³/mol. The van der Waals surface area contributed by atoms with Crippen molar-refractivity contribution < 1.29 is 19.4 Å². The summed E-state index contributed by atoms with van der Waals surface area (Å²) >= 11 is 6.89. The first-order chi connectivity index (χ1) is 12.5. The number of nitrogens with zero attached hydrogens (tertiary/aromatic N) is 1. The number of ether oxygens (including phenoxy) is 1. The highest BCUT2D eigenvalue weighted by Gasteiger charge is 2.35. The second-order valence-corrected chi connectivity index (χ2v) is 6.94. The first kappa shape index (κ1) is 18.4. The van der Waals surface area contributed by atoms with Gasteiger partial charge in [-0.3, -0.25) is 14.5 Å². The fourth-order valence-electron chi connectivity index (χ4n) is 2.50. The maximum Gasteiger partial charge on any atom is 0.293 e. The molecule has 0 aliphatic carbocycles. The van der Waals surface area contributed by atoms with Crippen molar-refractivity contribution in [2.24, 2.45) is 0 Å². The standard InChI is InChI=1S/C19H16ClNO4S/c1-2-25-15-9-13(8-14(20)17(15)22)10-16-18(23)21(19(24)26-16)11-12-6-4-3-5-7-12/h3-10,22H,2,11H2,1H3/b16-10+. The van der Waals surface area contributed by atoms with Crippen LogP contribution >= 0.6 is 23.4 Å². The second kappa shape index (κ2) is 7.85. The van der Waals surface area contributed by atoms with E-state index < -0.39 is 0 Å². The largest absolute Gasteiger partial charge is 0.503 e. The van der Waals surface area contributed by atoms with Gasteiger partial charge in [-0.25, -0.2) is 0 Å². The number of phenolic OH excluding ortho intramolecular Hbond substituents is 1. The number of carbonyl (C=O) groups is 2. The minimum Gasteiger partial charge on any atom is -0.503 e. The van der Waals surface area contributed by atoms with Gasteiger partial charge in [-0.1, -0.05) is 41.9 Å². The number of thioether (sulfide) groups is 1. The van der Waals surface area contributed by atoms with Gasteiger partial charge in [-0.15, -0.1) is 0 Å². The first-order valence-electron chi connectivity index (χ1n) is 7.94. The van der Waals surface area contributed by atoms with E-state index in [2.05, 4.69) is 0 Å². The lowest BCUT2D eigenvalue weighted by Crippen LogP contribution is -2.27. The van der Waals surface area contributed by atoms with E-state index in [9.17, 15) is 14.7 Å². The minimum absolute atomic E-state index is 0.116. The van der Waals surface area contributed by atoms with Crippen molar-refractivity contribution in [3.05, 3.63) is 63.5 Å². The normalized spacial score (nSPS) is 15.8. The molecule has 26 heavy (non-hydrogen) atoms. The number of benzene rings is 2. The zero-order valence-electron chi connectivity index (χ0n) is 13.9. The van der Waals surface area contributed by atoms with Gasteiger partial charge in [0.05, 0.1) is 23.1 Å². The predicted octanol–water partition coefficient (Wildman–Crippen LogP) is 4.68. The Morgan fingerprint density at radius 1 is 1.23 bits per heavy atom. The van der Waals surface area contributed by atoms with Crippen molar-refractivity contribution in [1.29, 1.82) is 0 Å². The molecule has 0 unspecified atom stereocenters. The molecule has 0 aromatic heterocycles. The number of halogens is 1. The summed E-state index contributed by atoms with van der Waals surface area (Å²) in [6, 6.07) is 12.4. The third kappa shape index (κ3) is 3.86. The van der Waals surface area contributed by atoms with Crippen molar-refractivity contribution in [2.75, 3.05) is 6.61 Å². The molecule has 2 amide bonds. The molecular formula is C19H16ClNO4S. The lowest BCUT2D eigenvalue weighted by molar-refractivity contribution is -0.123. The van der Waals surface area contributed by atoms with E-state index in [1.807, 2.05) is 30.3 Å². The lowest BCUT2D eigenvalue weighted by Gasteiger charge is -2.12. The van der Waals surface area contributed by atoms with Crippen molar-refractivity contribution >= 4 is 40.6 Å². The number of hydrogen-bond acceptors (Lipinski definition) is 5. The summed E-state index contributed by atoms with van der Waals surface area (Å²) in [6.45, 7) is 2.37. The topological polar surface area (TPSA) is 66.8 Å². The summed E-state index contributed by atoms with van der Waals surface area (Å²) in [5.41, 5.74) is 1.45. The molecule has 2 aromatic rings. The van der Waals surface area contributed by atoms with Gasteiger partial charge in [0.25, 0.3) is 11.1 Å². The van der Waals surface area contributed by atoms with Crippen LogP contribution in [0.4, 0.5) is 4.79 Å². The molecule has 3 rings (SSSR count). The number of imide groups is 1. The number of amides is 2. The Morgan fingerprint density at radius 3 is 2.65 bits per heavy atom. The van der Waals surface area contributed by atoms with E-state index in [1.54, 1.807) is 19.1 Å². The Kier molecular flexibility index (Phi) is 5.54. The van der Waals surface area contributed by atoms with Gasteiger partial charge >= 0.3 is 0 Å². The maximum absolute atomic E-state index is 12.6. The summed E-state index contributed by atoms with van der Waals surface area (Å²) in [5.74, 6) is -0.274. The number of aromatic hydroxyl groups is 1. The fraction of sp³-hybridized carbons (Fsp3) is 0.158. The molecule has 0 saturated carbocycles. The Morgan fingerprint density at radius 2 is 1.96 bits per heavy atom. The highest BCUT2D eigenvalue weighted by atomic mass is 35.5. The number of hydrogen-bond donors (Lipinski definition) is 1. The van der Waals surface area contributed by atoms with Crippen LogP contribution in [0.15, 0.2) is 47.4 Å². The highest BCUT2D eigenvalue weighted by molar-refractivity contribution is 8.18. The van der Waals surface area contributed by atoms with Gasteiger partial charge in [-0.05, 0) is 48.0 Å². The van der Waals surface area contributed by atoms with E-state index in [0.29, 0.717) is 17.1 Å². The third-order valence-electron chi connectivity index (χ3n) is 3.71. The van der Waals surface area contributed by atoms with Crippen LogP contribution in [0.3, 0.4) is 0 Å². The molecule has 1 aliphatic heterocycles. The molecule has 134 valence electrons. The van der Waals surface area contributed by atoms with Crippen molar-refractivity contribution in [1.82, 2.24) is 4.90 Å². The molecule has 0 radical (unpaired) electrons. The van der Waals surface area contributed by atoms with Crippen molar-refractivity contribution in [3.8, 4) is 11.5 Å². The molecule has 1 N–H and O–H groups in total. The van der Waals surface area contributed by atoms with Gasteiger partial charge in [0.15, 0.2) is 11.5 Å². The Balaban J connectivity index is 1.86. The number of rotatable bonds is 5. The fourth-order valence-corrected chi connectivity index (χ4v) is 3.55. The second-order valence-electron chi connectivity index (χ2n) is 5.54. The van der Waals surface area contributed by atoms with E-state index in [0.717, 1.165) is 17.3 Å². The van der Waals surface area contributed by atoms with Crippen molar-refractivity contribution in [2.45, 2.75) is 13.5 Å². The molecule has 2 aromatic carbocycles. The molecule has 1 aliphatic rings. The monoisotopic (exact) mass is 389 g/mol. The summed E-state index contributed by atoms with van der Waals surface area (Å²) in [4.78, 5) is 26.3. The van der Waals surface area contributed by atoms with Crippen LogP contribution in [-0.4, -0.2) is 27.8 Å². The minimum atomic E-state index is -0.356. The average Bonchev–Trinajstić information content (AvgIpc) is 2.88. The van der Waals surface area contributed by atoms with Crippen LogP contribution in [0, 0.1) is 0 Å². The van der Waals surface area contributed by atoms with Gasteiger partial charge < -0.3 is 9.84 Å². The summed E-state index contributed by atoms with van der Waals surface area (Å²) in [5, 5.41) is 9.70. The summed E-state index contributed by atoms with van der Waals surface area (Å²) < 4.78 is 5.34.